The number of hydrogen-bond acceptors (Lipinski definition) is 6. The second-order valence-electron chi connectivity index (χ2n) is 6.76. The summed E-state index contributed by atoms with van der Waals surface area (Å²) in [5, 5.41) is 22.5. The van der Waals surface area contributed by atoms with Gasteiger partial charge in [-0.15, -0.1) is 0 Å². The molecule has 1 amide bonds. The molecular weight excluding hydrogens is 383 g/mol. The number of hydrogen-bond donors (Lipinski definition) is 0. The number of carbonyl (C=O) groups is 1. The first kappa shape index (κ1) is 20.2. The molecule has 1 heterocycles. The SMILES string of the molecule is Cc1c([N+](=O)[O-])cc(C(=O)N2CCCN(c3ccc(F)cc3)CC2)cc1[N+](=O)[O-]. The van der Waals surface area contributed by atoms with E-state index in [1.807, 2.05) is 4.90 Å². The van der Waals surface area contributed by atoms with Gasteiger partial charge in [0.15, 0.2) is 0 Å². The lowest BCUT2D eigenvalue weighted by molar-refractivity contribution is -0.395. The van der Waals surface area contributed by atoms with E-state index in [0.717, 1.165) is 17.8 Å². The van der Waals surface area contributed by atoms with Gasteiger partial charge >= 0.3 is 0 Å². The average molecular weight is 402 g/mol. The molecule has 0 unspecified atom stereocenters. The molecule has 152 valence electrons. The smallest absolute Gasteiger partial charge is 0.279 e. The molecule has 0 aromatic heterocycles. The summed E-state index contributed by atoms with van der Waals surface area (Å²) >= 11 is 0. The summed E-state index contributed by atoms with van der Waals surface area (Å²) in [6.07, 6.45) is 0.638. The maximum atomic E-state index is 13.1. The lowest BCUT2D eigenvalue weighted by Crippen LogP contribution is -2.35. The Bertz CT molecular complexity index is 929. The summed E-state index contributed by atoms with van der Waals surface area (Å²) in [5.41, 5.74) is -0.239. The number of rotatable bonds is 4. The van der Waals surface area contributed by atoms with Gasteiger partial charge in [0.1, 0.15) is 11.4 Å². The van der Waals surface area contributed by atoms with E-state index in [2.05, 4.69) is 0 Å². The summed E-state index contributed by atoms with van der Waals surface area (Å²) < 4.78 is 13.1. The maximum absolute atomic E-state index is 13.1. The molecule has 0 atom stereocenters. The van der Waals surface area contributed by atoms with Crippen LogP contribution >= 0.6 is 0 Å². The first-order valence-corrected chi connectivity index (χ1v) is 9.01. The predicted molar refractivity (Wildman–Crippen MR) is 104 cm³/mol. The van der Waals surface area contributed by atoms with Gasteiger partial charge in [-0.1, -0.05) is 0 Å². The van der Waals surface area contributed by atoms with Crippen LogP contribution in [-0.4, -0.2) is 46.8 Å². The van der Waals surface area contributed by atoms with E-state index >= 15 is 0 Å². The highest BCUT2D eigenvalue weighted by atomic mass is 19.1. The Morgan fingerprint density at radius 3 is 2.10 bits per heavy atom. The van der Waals surface area contributed by atoms with Crippen LogP contribution in [0, 0.1) is 33.0 Å². The summed E-state index contributed by atoms with van der Waals surface area (Å²) in [6.45, 7) is 3.19. The zero-order valence-corrected chi connectivity index (χ0v) is 15.7. The third-order valence-corrected chi connectivity index (χ3v) is 4.97. The van der Waals surface area contributed by atoms with Crippen molar-refractivity contribution in [1.82, 2.24) is 4.90 Å². The number of nitro benzene ring substituents is 2. The molecular formula is C19H19FN4O5. The van der Waals surface area contributed by atoms with E-state index in [9.17, 15) is 29.4 Å². The Morgan fingerprint density at radius 2 is 1.55 bits per heavy atom. The first-order valence-electron chi connectivity index (χ1n) is 9.01. The fourth-order valence-electron chi connectivity index (χ4n) is 3.40. The Hall–Kier alpha value is -3.56. The average Bonchev–Trinajstić information content (AvgIpc) is 2.94. The van der Waals surface area contributed by atoms with Crippen molar-refractivity contribution in [2.24, 2.45) is 0 Å². The molecule has 0 saturated carbocycles. The predicted octanol–water partition coefficient (Wildman–Crippen LogP) is 3.30. The number of anilines is 1. The van der Waals surface area contributed by atoms with Crippen molar-refractivity contribution < 1.29 is 19.0 Å². The molecule has 1 aliphatic heterocycles. The van der Waals surface area contributed by atoms with Crippen LogP contribution in [-0.2, 0) is 0 Å². The lowest BCUT2D eigenvalue weighted by Gasteiger charge is -2.23. The molecule has 1 saturated heterocycles. The number of carbonyl (C=O) groups excluding carboxylic acids is 1. The maximum Gasteiger partial charge on any atom is 0.279 e. The molecule has 29 heavy (non-hydrogen) atoms. The fourth-order valence-corrected chi connectivity index (χ4v) is 3.40. The molecule has 0 spiro atoms. The fraction of sp³-hybridized carbons (Fsp3) is 0.316. The van der Waals surface area contributed by atoms with Gasteiger partial charge in [0.25, 0.3) is 17.3 Å². The lowest BCUT2D eigenvalue weighted by atomic mass is 10.1. The summed E-state index contributed by atoms with van der Waals surface area (Å²) in [6, 6.07) is 8.25. The molecule has 2 aromatic carbocycles. The van der Waals surface area contributed by atoms with Crippen molar-refractivity contribution in [3.05, 3.63) is 73.6 Å². The van der Waals surface area contributed by atoms with Gasteiger partial charge in [0, 0.05) is 44.0 Å². The van der Waals surface area contributed by atoms with Crippen LogP contribution in [0.25, 0.3) is 0 Å². The zero-order chi connectivity index (χ0) is 21.1. The molecule has 10 heteroatoms. The van der Waals surface area contributed by atoms with E-state index in [1.54, 1.807) is 12.1 Å². The largest absolute Gasteiger partial charge is 0.370 e. The molecule has 1 fully saturated rings. The first-order chi connectivity index (χ1) is 13.8. The van der Waals surface area contributed by atoms with E-state index in [1.165, 1.54) is 24.0 Å². The minimum absolute atomic E-state index is 0.0794. The zero-order valence-electron chi connectivity index (χ0n) is 15.7. The number of amides is 1. The standard InChI is InChI=1S/C19H19FN4O5/c1-13-17(23(26)27)11-14(12-18(13)24(28)29)19(25)22-8-2-7-21(9-10-22)16-5-3-15(20)4-6-16/h3-6,11-12H,2,7-10H2,1H3. The van der Waals surface area contributed by atoms with Gasteiger partial charge in [0.05, 0.1) is 15.4 Å². The normalized spacial score (nSPS) is 14.4. The van der Waals surface area contributed by atoms with Gasteiger partial charge in [-0.2, -0.15) is 0 Å². The second-order valence-corrected chi connectivity index (χ2v) is 6.76. The molecule has 0 radical (unpaired) electrons. The molecule has 9 nitrogen and oxygen atoms in total. The van der Waals surface area contributed by atoms with Crippen molar-refractivity contribution in [2.75, 3.05) is 31.1 Å². The van der Waals surface area contributed by atoms with Gasteiger partial charge in [-0.3, -0.25) is 25.0 Å². The summed E-state index contributed by atoms with van der Waals surface area (Å²) in [4.78, 5) is 37.5. The van der Waals surface area contributed by atoms with Gasteiger partial charge < -0.3 is 9.80 Å². The third-order valence-electron chi connectivity index (χ3n) is 4.97. The summed E-state index contributed by atoms with van der Waals surface area (Å²) in [5.74, 6) is -0.819. The molecule has 3 rings (SSSR count). The van der Waals surface area contributed by atoms with E-state index in [4.69, 9.17) is 0 Å². The van der Waals surface area contributed by atoms with Crippen molar-refractivity contribution in [1.29, 1.82) is 0 Å². The number of nitro groups is 2. The van der Waals surface area contributed by atoms with Crippen molar-refractivity contribution in [3.63, 3.8) is 0 Å². The van der Waals surface area contributed by atoms with Crippen LogP contribution in [0.5, 0.6) is 0 Å². The number of halogens is 1. The quantitative estimate of drug-likeness (QED) is 0.573. The monoisotopic (exact) mass is 402 g/mol. The third kappa shape index (κ3) is 4.31. The molecule has 0 aliphatic carbocycles. The highest BCUT2D eigenvalue weighted by Gasteiger charge is 2.28. The second kappa shape index (κ2) is 8.21. The van der Waals surface area contributed by atoms with Crippen LogP contribution in [0.15, 0.2) is 36.4 Å². The van der Waals surface area contributed by atoms with Crippen LogP contribution in [0.4, 0.5) is 21.5 Å². The minimum atomic E-state index is -0.724. The van der Waals surface area contributed by atoms with Gasteiger partial charge in [-0.25, -0.2) is 4.39 Å². The van der Waals surface area contributed by atoms with Crippen LogP contribution in [0.3, 0.4) is 0 Å². The summed E-state index contributed by atoms with van der Waals surface area (Å²) in [7, 11) is 0. The number of benzene rings is 2. The number of nitrogens with zero attached hydrogens (tertiary/aromatic N) is 4. The van der Waals surface area contributed by atoms with Gasteiger partial charge in [0.2, 0.25) is 0 Å². The molecule has 2 aromatic rings. The van der Waals surface area contributed by atoms with E-state index in [-0.39, 0.29) is 16.9 Å². The molecule has 1 aliphatic rings. The van der Waals surface area contributed by atoms with Crippen molar-refractivity contribution in [2.45, 2.75) is 13.3 Å². The molecule has 0 N–H and O–H groups in total. The van der Waals surface area contributed by atoms with Crippen LogP contribution < -0.4 is 4.90 Å². The van der Waals surface area contributed by atoms with Crippen LogP contribution in [0.2, 0.25) is 0 Å². The van der Waals surface area contributed by atoms with Crippen LogP contribution in [0.1, 0.15) is 22.3 Å². The van der Waals surface area contributed by atoms with Crippen molar-refractivity contribution in [3.8, 4) is 0 Å². The van der Waals surface area contributed by atoms with E-state index < -0.39 is 27.1 Å². The highest BCUT2D eigenvalue weighted by molar-refractivity contribution is 5.96. The highest BCUT2D eigenvalue weighted by Crippen LogP contribution is 2.30. The van der Waals surface area contributed by atoms with Gasteiger partial charge in [-0.05, 0) is 37.6 Å². The topological polar surface area (TPSA) is 110 Å². The Labute approximate surface area is 165 Å². The van der Waals surface area contributed by atoms with E-state index in [0.29, 0.717) is 32.6 Å². The molecule has 0 bridgehead atoms. The Balaban J connectivity index is 1.82. The minimum Gasteiger partial charge on any atom is -0.370 e. The van der Waals surface area contributed by atoms with Crippen molar-refractivity contribution >= 4 is 23.0 Å². The Kier molecular flexibility index (Phi) is 5.71. The Morgan fingerprint density at radius 1 is 0.966 bits per heavy atom.